The van der Waals surface area contributed by atoms with E-state index in [2.05, 4.69) is 26.2 Å². The van der Waals surface area contributed by atoms with Gasteiger partial charge in [0.25, 0.3) is 5.91 Å². The van der Waals surface area contributed by atoms with E-state index in [4.69, 9.17) is 0 Å². The largest absolute Gasteiger partial charge is 0.345 e. The average molecular weight is 355 g/mol. The summed E-state index contributed by atoms with van der Waals surface area (Å²) in [7, 11) is 0. The zero-order valence-electron chi connectivity index (χ0n) is 11.2. The zero-order chi connectivity index (χ0) is 15.4. The number of pyridine rings is 1. The molecule has 0 saturated heterocycles. The monoisotopic (exact) mass is 354 g/mol. The van der Waals surface area contributed by atoms with Crippen LogP contribution in [-0.4, -0.2) is 10.9 Å². The second kappa shape index (κ2) is 6.76. The summed E-state index contributed by atoms with van der Waals surface area (Å²) in [5.74, 6) is -3.18. The molecule has 110 valence electrons. The van der Waals surface area contributed by atoms with Gasteiger partial charge < -0.3 is 5.32 Å². The number of aromatic nitrogens is 1. The summed E-state index contributed by atoms with van der Waals surface area (Å²) in [4.78, 5) is 15.2. The Hall–Kier alpha value is -1.82. The first-order valence-corrected chi connectivity index (χ1v) is 7.18. The molecule has 0 aliphatic heterocycles. The fourth-order valence-electron chi connectivity index (χ4n) is 1.95. The lowest BCUT2D eigenvalue weighted by Crippen LogP contribution is -2.29. The summed E-state index contributed by atoms with van der Waals surface area (Å²) < 4.78 is 27.5. The second-order valence-corrected chi connectivity index (χ2v) is 5.36. The van der Waals surface area contributed by atoms with Gasteiger partial charge in [0, 0.05) is 10.7 Å². The molecule has 0 fully saturated rings. The number of carbonyl (C=O) groups is 1. The van der Waals surface area contributed by atoms with Crippen LogP contribution >= 0.6 is 15.9 Å². The van der Waals surface area contributed by atoms with Crippen molar-refractivity contribution in [1.82, 2.24) is 10.3 Å². The van der Waals surface area contributed by atoms with Crippen LogP contribution < -0.4 is 5.32 Å². The van der Waals surface area contributed by atoms with Gasteiger partial charge in [0.15, 0.2) is 5.82 Å². The Morgan fingerprint density at radius 2 is 1.95 bits per heavy atom. The first kappa shape index (κ1) is 15.6. The van der Waals surface area contributed by atoms with Gasteiger partial charge >= 0.3 is 0 Å². The number of benzene rings is 1. The smallest absolute Gasteiger partial charge is 0.254 e. The third-order valence-electron chi connectivity index (χ3n) is 3.08. The molecule has 1 atom stereocenters. The molecule has 2 aromatic rings. The quantitative estimate of drug-likeness (QED) is 0.843. The average Bonchev–Trinajstić information content (AvgIpc) is 2.48. The molecule has 1 N–H and O–H groups in total. The lowest BCUT2D eigenvalue weighted by Gasteiger charge is -2.17. The summed E-state index contributed by atoms with van der Waals surface area (Å²) in [6.07, 6.45) is 1.69. The van der Waals surface area contributed by atoms with Crippen LogP contribution in [0.3, 0.4) is 0 Å². The fourth-order valence-corrected chi connectivity index (χ4v) is 2.21. The molecule has 1 aromatic carbocycles. The molecular weight excluding hydrogens is 342 g/mol. The molecule has 21 heavy (non-hydrogen) atoms. The maximum atomic E-state index is 13.6. The van der Waals surface area contributed by atoms with E-state index in [1.807, 2.05) is 31.2 Å². The Balaban J connectivity index is 2.20. The third-order valence-corrected chi connectivity index (χ3v) is 3.61. The fraction of sp³-hybridized carbons (Fsp3) is 0.200. The normalized spacial score (nSPS) is 12.0. The van der Waals surface area contributed by atoms with E-state index in [1.54, 1.807) is 0 Å². The van der Waals surface area contributed by atoms with Crippen LogP contribution in [0.5, 0.6) is 0 Å². The minimum atomic E-state index is -1.28. The Labute approximate surface area is 129 Å². The van der Waals surface area contributed by atoms with Crippen molar-refractivity contribution < 1.29 is 13.6 Å². The summed E-state index contributed by atoms with van der Waals surface area (Å²) >= 11 is 3.34. The van der Waals surface area contributed by atoms with Gasteiger partial charge in [-0.3, -0.25) is 4.79 Å². The molecule has 0 saturated carbocycles. The maximum absolute atomic E-state index is 13.6. The van der Waals surface area contributed by atoms with Crippen molar-refractivity contribution in [2.75, 3.05) is 0 Å². The lowest BCUT2D eigenvalue weighted by molar-refractivity contribution is 0.0930. The first-order chi connectivity index (χ1) is 10.0. The maximum Gasteiger partial charge on any atom is 0.254 e. The van der Waals surface area contributed by atoms with Crippen molar-refractivity contribution in [3.63, 3.8) is 0 Å². The molecule has 1 amide bonds. The topological polar surface area (TPSA) is 42.0 Å². The minimum absolute atomic E-state index is 0.277. The molecular formula is C15H13BrF2N2O. The van der Waals surface area contributed by atoms with Crippen LogP contribution in [0.25, 0.3) is 0 Å². The molecule has 3 nitrogen and oxygen atoms in total. The van der Waals surface area contributed by atoms with Crippen molar-refractivity contribution in [2.24, 2.45) is 0 Å². The second-order valence-electron chi connectivity index (χ2n) is 4.45. The Morgan fingerprint density at radius 1 is 1.29 bits per heavy atom. The molecule has 1 heterocycles. The highest BCUT2D eigenvalue weighted by Crippen LogP contribution is 2.20. The predicted octanol–water partition coefficient (Wildman–Crippen LogP) is 4.00. The highest BCUT2D eigenvalue weighted by molar-refractivity contribution is 9.10. The number of amides is 1. The van der Waals surface area contributed by atoms with Crippen LogP contribution in [0.4, 0.5) is 8.78 Å². The lowest BCUT2D eigenvalue weighted by atomic mass is 10.0. The van der Waals surface area contributed by atoms with E-state index in [9.17, 15) is 13.6 Å². The number of nitrogens with one attached hydrogen (secondary N) is 1. The zero-order valence-corrected chi connectivity index (χ0v) is 12.8. The minimum Gasteiger partial charge on any atom is -0.345 e. The van der Waals surface area contributed by atoms with Gasteiger partial charge in [0.2, 0.25) is 5.95 Å². The van der Waals surface area contributed by atoms with Crippen molar-refractivity contribution in [3.05, 3.63) is 63.9 Å². The molecule has 6 heteroatoms. The van der Waals surface area contributed by atoms with E-state index < -0.39 is 17.7 Å². The van der Waals surface area contributed by atoms with Crippen molar-refractivity contribution in [1.29, 1.82) is 0 Å². The molecule has 0 spiro atoms. The molecule has 2 rings (SSSR count). The van der Waals surface area contributed by atoms with Crippen LogP contribution in [0.1, 0.15) is 35.3 Å². The molecule has 1 aromatic heterocycles. The highest BCUT2D eigenvalue weighted by Gasteiger charge is 2.19. The standard InChI is InChI=1S/C15H13BrF2N2O/c1-2-12(9-3-5-10(16)6-4-9)20-15(21)11-7-8-19-14(18)13(11)17/h3-8,12H,2H2,1H3,(H,20,21). The van der Waals surface area contributed by atoms with Gasteiger partial charge in [-0.05, 0) is 30.2 Å². The van der Waals surface area contributed by atoms with Gasteiger partial charge in [-0.25, -0.2) is 9.37 Å². The summed E-state index contributed by atoms with van der Waals surface area (Å²) in [5, 5.41) is 2.70. The third kappa shape index (κ3) is 3.64. The van der Waals surface area contributed by atoms with Crippen LogP contribution in [0, 0.1) is 11.8 Å². The van der Waals surface area contributed by atoms with Gasteiger partial charge in [-0.1, -0.05) is 35.0 Å². The predicted molar refractivity (Wildman–Crippen MR) is 78.8 cm³/mol. The first-order valence-electron chi connectivity index (χ1n) is 6.39. The molecule has 0 bridgehead atoms. The van der Waals surface area contributed by atoms with Gasteiger partial charge in [-0.2, -0.15) is 4.39 Å². The van der Waals surface area contributed by atoms with Crippen molar-refractivity contribution in [2.45, 2.75) is 19.4 Å². The number of hydrogen-bond acceptors (Lipinski definition) is 2. The number of carbonyl (C=O) groups excluding carboxylic acids is 1. The van der Waals surface area contributed by atoms with Gasteiger partial charge in [-0.15, -0.1) is 0 Å². The molecule has 0 aliphatic carbocycles. The number of nitrogens with zero attached hydrogens (tertiary/aromatic N) is 1. The number of hydrogen-bond donors (Lipinski definition) is 1. The van der Waals surface area contributed by atoms with Crippen molar-refractivity contribution in [3.8, 4) is 0 Å². The highest BCUT2D eigenvalue weighted by atomic mass is 79.9. The summed E-state index contributed by atoms with van der Waals surface area (Å²) in [5.41, 5.74) is 0.544. The summed E-state index contributed by atoms with van der Waals surface area (Å²) in [6.45, 7) is 1.90. The van der Waals surface area contributed by atoms with Crippen molar-refractivity contribution >= 4 is 21.8 Å². The van der Waals surface area contributed by atoms with E-state index >= 15 is 0 Å². The van der Waals surface area contributed by atoms with Gasteiger partial charge in [0.1, 0.15) is 0 Å². The Kier molecular flexibility index (Phi) is 5.01. The summed E-state index contributed by atoms with van der Waals surface area (Å²) in [6, 6.07) is 8.32. The number of halogens is 3. The van der Waals surface area contributed by atoms with E-state index in [1.165, 1.54) is 0 Å². The molecule has 1 unspecified atom stereocenters. The molecule has 0 radical (unpaired) electrons. The Morgan fingerprint density at radius 3 is 2.57 bits per heavy atom. The van der Waals surface area contributed by atoms with Crippen LogP contribution in [0.15, 0.2) is 41.0 Å². The van der Waals surface area contributed by atoms with E-state index in [-0.39, 0.29) is 11.6 Å². The van der Waals surface area contributed by atoms with E-state index in [0.29, 0.717) is 6.42 Å². The molecule has 0 aliphatic rings. The van der Waals surface area contributed by atoms with Crippen LogP contribution in [0.2, 0.25) is 0 Å². The van der Waals surface area contributed by atoms with Gasteiger partial charge in [0.05, 0.1) is 11.6 Å². The SMILES string of the molecule is CCC(NC(=O)c1ccnc(F)c1F)c1ccc(Br)cc1. The number of rotatable bonds is 4. The van der Waals surface area contributed by atoms with E-state index in [0.717, 1.165) is 22.3 Å². The van der Waals surface area contributed by atoms with Crippen LogP contribution in [-0.2, 0) is 0 Å². The Bertz CT molecular complexity index is 647.